The highest BCUT2D eigenvalue weighted by atomic mass is 19.1. The van der Waals surface area contributed by atoms with E-state index in [1.807, 2.05) is 0 Å². The van der Waals surface area contributed by atoms with Gasteiger partial charge < -0.3 is 15.2 Å². The lowest BCUT2D eigenvalue weighted by atomic mass is 10.4. The molecule has 0 aromatic heterocycles. The number of nitrogens with one attached hydrogen (secondary N) is 1. The first-order chi connectivity index (χ1) is 6.25. The molecular formula is C7H11FN2O3. The summed E-state index contributed by atoms with van der Waals surface area (Å²) in [5, 5.41) is 11.0. The van der Waals surface area contributed by atoms with Crippen LogP contribution in [0.1, 0.15) is 0 Å². The molecule has 0 atom stereocenters. The third kappa shape index (κ3) is 2.67. The molecular weight excluding hydrogens is 179 g/mol. The lowest BCUT2D eigenvalue weighted by Gasteiger charge is -2.24. The van der Waals surface area contributed by atoms with E-state index in [1.165, 1.54) is 0 Å². The number of carbonyl (C=O) groups excluding carboxylic acids is 1. The molecule has 0 fully saturated rings. The van der Waals surface area contributed by atoms with Crippen molar-refractivity contribution in [3.8, 4) is 0 Å². The number of carbonyl (C=O) groups is 1. The second-order valence-corrected chi connectivity index (χ2v) is 2.46. The van der Waals surface area contributed by atoms with E-state index in [2.05, 4.69) is 5.32 Å². The van der Waals surface area contributed by atoms with Gasteiger partial charge in [-0.1, -0.05) is 0 Å². The minimum absolute atomic E-state index is 0.0202. The summed E-state index contributed by atoms with van der Waals surface area (Å²) in [6.45, 7) is 0.216. The van der Waals surface area contributed by atoms with Crippen molar-refractivity contribution < 1.29 is 19.0 Å². The predicted molar refractivity (Wildman–Crippen MR) is 41.9 cm³/mol. The van der Waals surface area contributed by atoms with Gasteiger partial charge in [-0.15, -0.1) is 0 Å². The van der Waals surface area contributed by atoms with Gasteiger partial charge in [-0.05, 0) is 0 Å². The fourth-order valence-electron chi connectivity index (χ4n) is 0.874. The Labute approximate surface area is 74.8 Å². The van der Waals surface area contributed by atoms with Crippen molar-refractivity contribution >= 4 is 5.91 Å². The molecule has 1 aliphatic heterocycles. The van der Waals surface area contributed by atoms with Gasteiger partial charge in [0.2, 0.25) is 5.83 Å². The lowest BCUT2D eigenvalue weighted by Crippen LogP contribution is -2.42. The average molecular weight is 190 g/mol. The molecule has 0 aliphatic carbocycles. The number of rotatable bonds is 4. The van der Waals surface area contributed by atoms with E-state index < -0.39 is 11.7 Å². The summed E-state index contributed by atoms with van der Waals surface area (Å²) in [7, 11) is 0. The molecule has 0 unspecified atom stereocenters. The zero-order valence-corrected chi connectivity index (χ0v) is 6.99. The lowest BCUT2D eigenvalue weighted by molar-refractivity contribution is -0.136. The minimum Gasteiger partial charge on any atom is -0.394 e. The fraction of sp³-hybridized carbons (Fsp3) is 0.571. The largest absolute Gasteiger partial charge is 0.394 e. The summed E-state index contributed by atoms with van der Waals surface area (Å²) >= 11 is 0. The molecule has 1 amide bonds. The van der Waals surface area contributed by atoms with Crippen molar-refractivity contribution in [2.75, 3.05) is 26.6 Å². The number of hydrogen-bond acceptors (Lipinski definition) is 4. The average Bonchev–Trinajstić information content (AvgIpc) is 2.13. The maximum absolute atomic E-state index is 12.6. The van der Waals surface area contributed by atoms with Gasteiger partial charge in [0.15, 0.2) is 0 Å². The van der Waals surface area contributed by atoms with Crippen molar-refractivity contribution in [1.29, 1.82) is 0 Å². The Hall–Kier alpha value is -1.14. The second kappa shape index (κ2) is 4.78. The van der Waals surface area contributed by atoms with E-state index >= 15 is 0 Å². The fourth-order valence-corrected chi connectivity index (χ4v) is 0.874. The van der Waals surface area contributed by atoms with E-state index in [4.69, 9.17) is 9.84 Å². The van der Waals surface area contributed by atoms with Gasteiger partial charge in [-0.2, -0.15) is 4.39 Å². The van der Waals surface area contributed by atoms with Crippen molar-refractivity contribution in [1.82, 2.24) is 10.2 Å². The number of hydrogen-bond donors (Lipinski definition) is 2. The Bertz CT molecular complexity index is 220. The first kappa shape index (κ1) is 9.94. The molecule has 1 aliphatic rings. The number of aliphatic hydroxyl groups is 1. The zero-order chi connectivity index (χ0) is 9.68. The Balaban J connectivity index is 2.34. The van der Waals surface area contributed by atoms with Gasteiger partial charge in [0.25, 0.3) is 5.91 Å². The van der Waals surface area contributed by atoms with Crippen LogP contribution in [0.25, 0.3) is 0 Å². The maximum atomic E-state index is 12.6. The molecule has 13 heavy (non-hydrogen) atoms. The highest BCUT2D eigenvalue weighted by molar-refractivity contribution is 5.91. The van der Waals surface area contributed by atoms with Crippen LogP contribution >= 0.6 is 0 Å². The molecule has 1 heterocycles. The van der Waals surface area contributed by atoms with E-state index in [1.54, 1.807) is 0 Å². The molecule has 1 rings (SSSR count). The normalized spacial score (nSPS) is 16.9. The summed E-state index contributed by atoms with van der Waals surface area (Å²) < 4.78 is 17.5. The van der Waals surface area contributed by atoms with Gasteiger partial charge in [-0.25, -0.2) is 0 Å². The molecule has 6 heteroatoms. The number of ether oxygens (including phenoxy) is 1. The summed E-state index contributed by atoms with van der Waals surface area (Å²) in [4.78, 5) is 12.2. The highest BCUT2D eigenvalue weighted by Gasteiger charge is 2.21. The van der Waals surface area contributed by atoms with Crippen molar-refractivity contribution in [3.63, 3.8) is 0 Å². The highest BCUT2D eigenvalue weighted by Crippen LogP contribution is 2.05. The van der Waals surface area contributed by atoms with Crippen LogP contribution in [0, 0.1) is 0 Å². The molecule has 0 radical (unpaired) electrons. The Morgan fingerprint density at radius 2 is 2.54 bits per heavy atom. The summed E-state index contributed by atoms with van der Waals surface area (Å²) in [6.07, 6.45) is 1.02. The van der Waals surface area contributed by atoms with Crippen LogP contribution in [0.15, 0.2) is 12.0 Å². The first-order valence-corrected chi connectivity index (χ1v) is 3.82. The quantitative estimate of drug-likeness (QED) is 0.567. The summed E-state index contributed by atoms with van der Waals surface area (Å²) in [5.41, 5.74) is 0. The molecule has 74 valence electrons. The third-order valence-corrected chi connectivity index (χ3v) is 1.49. The van der Waals surface area contributed by atoms with E-state index in [0.29, 0.717) is 0 Å². The molecule has 0 saturated heterocycles. The second-order valence-electron chi connectivity index (χ2n) is 2.46. The molecule has 0 spiro atoms. The third-order valence-electron chi connectivity index (χ3n) is 1.49. The maximum Gasteiger partial charge on any atom is 0.287 e. The van der Waals surface area contributed by atoms with Gasteiger partial charge in [0.05, 0.1) is 19.9 Å². The molecule has 0 saturated carbocycles. The molecule has 5 nitrogen and oxygen atoms in total. The van der Waals surface area contributed by atoms with E-state index in [-0.39, 0.29) is 26.6 Å². The molecule has 2 N–H and O–H groups in total. The SMILES string of the molecule is O=C1C(F)=CNCN1COCCO. The topological polar surface area (TPSA) is 61.8 Å². The predicted octanol–water partition coefficient (Wildman–Crippen LogP) is -0.847. The number of aliphatic hydroxyl groups excluding tert-OH is 1. The van der Waals surface area contributed by atoms with Crippen LogP contribution in [0.3, 0.4) is 0 Å². The summed E-state index contributed by atoms with van der Waals surface area (Å²) in [5.74, 6) is -1.53. The number of amides is 1. The molecule has 0 aromatic carbocycles. The van der Waals surface area contributed by atoms with Gasteiger partial charge >= 0.3 is 0 Å². The smallest absolute Gasteiger partial charge is 0.287 e. The molecule has 0 aromatic rings. The minimum atomic E-state index is -0.834. The first-order valence-electron chi connectivity index (χ1n) is 3.82. The standard InChI is InChI=1S/C7H11FN2O3/c8-6-3-9-4-10(7(6)12)5-13-2-1-11/h3,9,11H,1-2,4-5H2. The van der Waals surface area contributed by atoms with Crippen LogP contribution < -0.4 is 5.32 Å². The Kier molecular flexibility index (Phi) is 3.66. The van der Waals surface area contributed by atoms with E-state index in [9.17, 15) is 9.18 Å². The Morgan fingerprint density at radius 3 is 3.23 bits per heavy atom. The Morgan fingerprint density at radius 1 is 1.77 bits per heavy atom. The van der Waals surface area contributed by atoms with Crippen LogP contribution in [0.4, 0.5) is 4.39 Å². The van der Waals surface area contributed by atoms with Crippen LogP contribution in [0.5, 0.6) is 0 Å². The van der Waals surface area contributed by atoms with Gasteiger partial charge in [-0.3, -0.25) is 9.69 Å². The summed E-state index contributed by atoms with van der Waals surface area (Å²) in [6, 6.07) is 0. The van der Waals surface area contributed by atoms with Crippen LogP contribution in [-0.2, 0) is 9.53 Å². The number of halogens is 1. The van der Waals surface area contributed by atoms with Gasteiger partial charge in [0.1, 0.15) is 6.73 Å². The van der Waals surface area contributed by atoms with Crippen LogP contribution in [-0.4, -0.2) is 42.5 Å². The van der Waals surface area contributed by atoms with E-state index in [0.717, 1.165) is 11.1 Å². The van der Waals surface area contributed by atoms with Crippen molar-refractivity contribution in [2.45, 2.75) is 0 Å². The van der Waals surface area contributed by atoms with Crippen LogP contribution in [0.2, 0.25) is 0 Å². The monoisotopic (exact) mass is 190 g/mol. The van der Waals surface area contributed by atoms with Crippen molar-refractivity contribution in [3.05, 3.63) is 12.0 Å². The number of nitrogens with zero attached hydrogens (tertiary/aromatic N) is 1. The van der Waals surface area contributed by atoms with Gasteiger partial charge in [0, 0.05) is 6.20 Å². The van der Waals surface area contributed by atoms with Crippen molar-refractivity contribution in [2.24, 2.45) is 0 Å². The molecule has 0 bridgehead atoms. The zero-order valence-electron chi connectivity index (χ0n) is 6.99.